The molecule has 3 heterocycles. The van der Waals surface area contributed by atoms with Gasteiger partial charge in [-0.15, -0.1) is 0 Å². The lowest BCUT2D eigenvalue weighted by Gasteiger charge is -2.17. The number of aromatic nitrogens is 3. The molecule has 1 saturated heterocycles. The van der Waals surface area contributed by atoms with Crippen LogP contribution in [0.2, 0.25) is 0 Å². The standard InChI is InChI=1S/C32H33N5O6/c1-4-42-31(39)25-18-37(17-23-6-5-11-43-23)26-14-19(8-10-24(26)28(25)38)7-9-21-12-20(15-27(40-2)29(21)41-3)13-22-16-35-32(34)36-30(22)33/h8,10,12,14-16,18,23H,4-6,11,13,17H2,1-3H3,(H4,33,34,35,36). The maximum atomic E-state index is 13.3. The van der Waals surface area contributed by atoms with E-state index < -0.39 is 5.97 Å². The van der Waals surface area contributed by atoms with E-state index in [9.17, 15) is 9.59 Å². The molecule has 222 valence electrons. The number of ether oxygens (including phenoxy) is 4. The monoisotopic (exact) mass is 583 g/mol. The van der Waals surface area contributed by atoms with Crippen molar-refractivity contribution in [3.05, 3.63) is 80.8 Å². The molecule has 0 bridgehead atoms. The second-order valence-electron chi connectivity index (χ2n) is 10.1. The zero-order valence-electron chi connectivity index (χ0n) is 24.3. The van der Waals surface area contributed by atoms with Gasteiger partial charge in [0.1, 0.15) is 11.4 Å². The number of carbonyl (C=O) groups excluding carboxylic acids is 1. The number of fused-ring (bicyclic) bond motifs is 1. The smallest absolute Gasteiger partial charge is 0.343 e. The van der Waals surface area contributed by atoms with Gasteiger partial charge in [-0.3, -0.25) is 4.79 Å². The predicted molar refractivity (Wildman–Crippen MR) is 162 cm³/mol. The van der Waals surface area contributed by atoms with Gasteiger partial charge in [0.25, 0.3) is 0 Å². The van der Waals surface area contributed by atoms with Crippen LogP contribution in [-0.4, -0.2) is 54.0 Å². The summed E-state index contributed by atoms with van der Waals surface area (Å²) in [7, 11) is 3.11. The number of carbonyl (C=O) groups is 1. The van der Waals surface area contributed by atoms with Crippen LogP contribution in [-0.2, 0) is 22.4 Å². The van der Waals surface area contributed by atoms with Crippen LogP contribution in [0, 0.1) is 11.8 Å². The molecule has 4 aromatic rings. The molecule has 4 N–H and O–H groups in total. The third-order valence-corrected chi connectivity index (χ3v) is 7.19. The molecule has 5 rings (SSSR count). The van der Waals surface area contributed by atoms with E-state index in [-0.39, 0.29) is 29.7 Å². The van der Waals surface area contributed by atoms with Crippen molar-refractivity contribution in [3.8, 4) is 23.3 Å². The van der Waals surface area contributed by atoms with E-state index in [2.05, 4.69) is 21.8 Å². The van der Waals surface area contributed by atoms with Crippen LogP contribution in [0.4, 0.5) is 11.8 Å². The van der Waals surface area contributed by atoms with Crippen LogP contribution in [0.5, 0.6) is 11.5 Å². The number of esters is 1. The van der Waals surface area contributed by atoms with Gasteiger partial charge in [0, 0.05) is 48.5 Å². The fraction of sp³-hybridized carbons (Fsp3) is 0.312. The first-order valence-corrected chi connectivity index (χ1v) is 13.9. The highest BCUT2D eigenvalue weighted by Gasteiger charge is 2.21. The number of nitrogen functional groups attached to an aromatic ring is 2. The van der Waals surface area contributed by atoms with Crippen molar-refractivity contribution in [2.24, 2.45) is 0 Å². The summed E-state index contributed by atoms with van der Waals surface area (Å²) >= 11 is 0. The molecule has 0 amide bonds. The highest BCUT2D eigenvalue weighted by atomic mass is 16.5. The molecule has 2 aromatic heterocycles. The van der Waals surface area contributed by atoms with Gasteiger partial charge >= 0.3 is 5.97 Å². The molecule has 43 heavy (non-hydrogen) atoms. The molecule has 11 nitrogen and oxygen atoms in total. The molecule has 1 unspecified atom stereocenters. The molecule has 0 spiro atoms. The second kappa shape index (κ2) is 12.8. The Morgan fingerprint density at radius 1 is 1.16 bits per heavy atom. The highest BCUT2D eigenvalue weighted by Crippen LogP contribution is 2.33. The molecular weight excluding hydrogens is 550 g/mol. The summed E-state index contributed by atoms with van der Waals surface area (Å²) in [5.41, 5.74) is 14.8. The van der Waals surface area contributed by atoms with E-state index in [0.29, 0.717) is 64.5 Å². The number of hydrogen-bond acceptors (Lipinski definition) is 10. The minimum absolute atomic E-state index is 0.00744. The van der Waals surface area contributed by atoms with Gasteiger partial charge in [0.2, 0.25) is 11.4 Å². The summed E-state index contributed by atoms with van der Waals surface area (Å²) in [6, 6.07) is 9.02. The van der Waals surface area contributed by atoms with Crippen molar-refractivity contribution in [1.29, 1.82) is 0 Å². The number of benzene rings is 2. The molecule has 2 aromatic carbocycles. The Morgan fingerprint density at radius 2 is 2.00 bits per heavy atom. The van der Waals surface area contributed by atoms with Gasteiger partial charge in [-0.25, -0.2) is 9.78 Å². The topological polar surface area (TPSA) is 154 Å². The maximum absolute atomic E-state index is 13.3. The van der Waals surface area contributed by atoms with Gasteiger partial charge in [0.15, 0.2) is 11.5 Å². The van der Waals surface area contributed by atoms with Crippen molar-refractivity contribution < 1.29 is 23.7 Å². The van der Waals surface area contributed by atoms with Gasteiger partial charge in [0.05, 0.1) is 38.0 Å². The molecule has 1 fully saturated rings. The van der Waals surface area contributed by atoms with E-state index >= 15 is 0 Å². The summed E-state index contributed by atoms with van der Waals surface area (Å²) in [5, 5.41) is 0.402. The molecular formula is C32H33N5O6. The number of nitrogens with zero attached hydrogens (tertiary/aromatic N) is 3. The minimum Gasteiger partial charge on any atom is -0.493 e. The van der Waals surface area contributed by atoms with Crippen molar-refractivity contribution >= 4 is 28.6 Å². The number of nitrogens with two attached hydrogens (primary N) is 2. The third-order valence-electron chi connectivity index (χ3n) is 7.19. The van der Waals surface area contributed by atoms with Gasteiger partial charge in [-0.2, -0.15) is 4.98 Å². The quantitative estimate of drug-likeness (QED) is 0.233. The van der Waals surface area contributed by atoms with E-state index in [1.807, 2.05) is 22.8 Å². The fourth-order valence-corrected chi connectivity index (χ4v) is 5.13. The Balaban J connectivity index is 1.56. The fourth-order valence-electron chi connectivity index (χ4n) is 5.13. The molecule has 0 radical (unpaired) electrons. The van der Waals surface area contributed by atoms with E-state index in [1.165, 1.54) is 0 Å². The summed E-state index contributed by atoms with van der Waals surface area (Å²) in [4.78, 5) is 33.9. The lowest BCUT2D eigenvalue weighted by molar-refractivity contribution is 0.0523. The van der Waals surface area contributed by atoms with Gasteiger partial charge in [-0.1, -0.05) is 11.8 Å². The van der Waals surface area contributed by atoms with Crippen LogP contribution in [0.25, 0.3) is 10.9 Å². The summed E-state index contributed by atoms with van der Waals surface area (Å²) in [5.74, 6) is 7.14. The van der Waals surface area contributed by atoms with Crippen molar-refractivity contribution in [2.75, 3.05) is 38.9 Å². The molecule has 0 saturated carbocycles. The zero-order valence-corrected chi connectivity index (χ0v) is 24.3. The second-order valence-corrected chi connectivity index (χ2v) is 10.1. The molecule has 1 atom stereocenters. The van der Waals surface area contributed by atoms with Crippen LogP contribution >= 0.6 is 0 Å². The predicted octanol–water partition coefficient (Wildman–Crippen LogP) is 3.32. The first-order valence-electron chi connectivity index (χ1n) is 13.9. The summed E-state index contributed by atoms with van der Waals surface area (Å²) in [6.45, 7) is 3.06. The average Bonchev–Trinajstić information content (AvgIpc) is 3.51. The Hall–Kier alpha value is -5.08. The van der Waals surface area contributed by atoms with Crippen molar-refractivity contribution in [1.82, 2.24) is 14.5 Å². The minimum atomic E-state index is -0.646. The van der Waals surface area contributed by atoms with E-state index in [0.717, 1.165) is 18.4 Å². The maximum Gasteiger partial charge on any atom is 0.343 e. The van der Waals surface area contributed by atoms with E-state index in [1.54, 1.807) is 45.7 Å². The van der Waals surface area contributed by atoms with Crippen LogP contribution in [0.15, 0.2) is 47.5 Å². The number of pyridine rings is 1. The van der Waals surface area contributed by atoms with Gasteiger partial charge < -0.3 is 35.0 Å². The van der Waals surface area contributed by atoms with Gasteiger partial charge in [-0.05, 0) is 55.7 Å². The number of rotatable bonds is 8. The third kappa shape index (κ3) is 6.39. The first kappa shape index (κ1) is 29.4. The summed E-state index contributed by atoms with van der Waals surface area (Å²) in [6.07, 6.45) is 5.43. The molecule has 0 aliphatic carbocycles. The average molecular weight is 584 g/mol. The Morgan fingerprint density at radius 3 is 2.70 bits per heavy atom. The number of methoxy groups -OCH3 is 2. The Kier molecular flexibility index (Phi) is 8.78. The van der Waals surface area contributed by atoms with Crippen molar-refractivity contribution in [2.45, 2.75) is 38.8 Å². The zero-order chi connectivity index (χ0) is 30.5. The first-order chi connectivity index (χ1) is 20.8. The highest BCUT2D eigenvalue weighted by molar-refractivity contribution is 5.94. The van der Waals surface area contributed by atoms with Crippen molar-refractivity contribution in [3.63, 3.8) is 0 Å². The molecule has 11 heteroatoms. The largest absolute Gasteiger partial charge is 0.493 e. The lowest BCUT2D eigenvalue weighted by atomic mass is 10.0. The number of anilines is 2. The lowest BCUT2D eigenvalue weighted by Crippen LogP contribution is -2.23. The van der Waals surface area contributed by atoms with E-state index in [4.69, 9.17) is 30.4 Å². The molecule has 1 aliphatic rings. The normalized spacial score (nSPS) is 14.3. The van der Waals surface area contributed by atoms with Crippen LogP contribution in [0.1, 0.15) is 52.4 Å². The van der Waals surface area contributed by atoms with Crippen LogP contribution < -0.4 is 26.4 Å². The Bertz CT molecular complexity index is 1800. The Labute approximate surface area is 248 Å². The SMILES string of the molecule is CCOC(=O)c1cn(CC2CCCO2)c2cc(C#Cc3cc(Cc4cnc(N)nc4N)cc(OC)c3OC)ccc2c1=O. The summed E-state index contributed by atoms with van der Waals surface area (Å²) < 4.78 is 24.1. The molecule has 1 aliphatic heterocycles. The number of hydrogen-bond donors (Lipinski definition) is 2. The van der Waals surface area contributed by atoms with Crippen LogP contribution in [0.3, 0.4) is 0 Å².